The second kappa shape index (κ2) is 9.32. The van der Waals surface area contributed by atoms with Gasteiger partial charge in [0.15, 0.2) is 0 Å². The lowest BCUT2D eigenvalue weighted by atomic mass is 9.90. The van der Waals surface area contributed by atoms with Gasteiger partial charge in [0.05, 0.1) is 11.1 Å². The molecule has 0 radical (unpaired) electrons. The maximum Gasteiger partial charge on any atom is 0.254 e. The van der Waals surface area contributed by atoms with Crippen molar-refractivity contribution < 1.29 is 4.79 Å². The number of carbonyl (C=O) groups is 1. The van der Waals surface area contributed by atoms with Crippen molar-refractivity contribution in [3.63, 3.8) is 0 Å². The molecule has 0 unspecified atom stereocenters. The Kier molecular flexibility index (Phi) is 6.11. The topological polar surface area (TPSA) is 36.4 Å². The minimum Gasteiger partial charge on any atom is -0.356 e. The molecular formula is C28H33N3O. The monoisotopic (exact) mass is 427 g/mol. The molecule has 2 fully saturated rings. The molecule has 0 bridgehead atoms. The molecule has 5 rings (SSSR count). The lowest BCUT2D eigenvalue weighted by molar-refractivity contribution is 0.0692. The van der Waals surface area contributed by atoms with E-state index < -0.39 is 0 Å². The van der Waals surface area contributed by atoms with E-state index in [1.54, 1.807) is 0 Å². The highest BCUT2D eigenvalue weighted by Gasteiger charge is 2.26. The number of fused-ring (bicyclic) bond motifs is 1. The van der Waals surface area contributed by atoms with Crippen LogP contribution in [0.4, 0.5) is 5.82 Å². The molecule has 3 aromatic rings. The molecule has 32 heavy (non-hydrogen) atoms. The van der Waals surface area contributed by atoms with Crippen molar-refractivity contribution in [2.45, 2.75) is 39.0 Å². The van der Waals surface area contributed by atoms with Crippen LogP contribution in [0.3, 0.4) is 0 Å². The summed E-state index contributed by atoms with van der Waals surface area (Å²) in [5.74, 6) is 2.44. The Labute approximate surface area is 191 Å². The summed E-state index contributed by atoms with van der Waals surface area (Å²) in [5, 5.41) is 0.970. The van der Waals surface area contributed by atoms with Crippen LogP contribution in [-0.4, -0.2) is 42.0 Å². The number of amides is 1. The number of aromatic nitrogens is 1. The summed E-state index contributed by atoms with van der Waals surface area (Å²) in [5.41, 5.74) is 3.13. The number of para-hydroxylation sites is 1. The van der Waals surface area contributed by atoms with Crippen molar-refractivity contribution in [2.24, 2.45) is 11.8 Å². The molecule has 0 N–H and O–H groups in total. The van der Waals surface area contributed by atoms with Gasteiger partial charge in [-0.05, 0) is 61.6 Å². The molecule has 2 aliphatic rings. The zero-order valence-corrected chi connectivity index (χ0v) is 19.0. The smallest absolute Gasteiger partial charge is 0.254 e. The minimum atomic E-state index is 0.160. The van der Waals surface area contributed by atoms with Gasteiger partial charge in [0.2, 0.25) is 0 Å². The first-order valence-corrected chi connectivity index (χ1v) is 12.2. The van der Waals surface area contributed by atoms with Gasteiger partial charge < -0.3 is 9.80 Å². The number of rotatable bonds is 4. The molecule has 4 heteroatoms. The van der Waals surface area contributed by atoms with E-state index in [-0.39, 0.29) is 5.91 Å². The van der Waals surface area contributed by atoms with Crippen LogP contribution in [0, 0.1) is 11.8 Å². The van der Waals surface area contributed by atoms with Gasteiger partial charge in [-0.1, -0.05) is 55.5 Å². The second-order valence-electron chi connectivity index (χ2n) is 9.66. The Morgan fingerprint density at radius 2 is 1.72 bits per heavy atom. The van der Waals surface area contributed by atoms with Gasteiger partial charge in [0.25, 0.3) is 5.91 Å². The molecule has 3 heterocycles. The predicted molar refractivity (Wildman–Crippen MR) is 131 cm³/mol. The van der Waals surface area contributed by atoms with Crippen molar-refractivity contribution in [1.29, 1.82) is 0 Å². The summed E-state index contributed by atoms with van der Waals surface area (Å²) >= 11 is 0. The van der Waals surface area contributed by atoms with E-state index in [2.05, 4.69) is 53.1 Å². The molecule has 2 aromatic carbocycles. The summed E-state index contributed by atoms with van der Waals surface area (Å²) in [4.78, 5) is 23.0. The zero-order valence-electron chi connectivity index (χ0n) is 19.0. The fraction of sp³-hybridized carbons (Fsp3) is 0.429. The van der Waals surface area contributed by atoms with Crippen LogP contribution in [0.5, 0.6) is 0 Å². The summed E-state index contributed by atoms with van der Waals surface area (Å²) < 4.78 is 0. The molecule has 2 saturated heterocycles. The molecule has 0 spiro atoms. The first-order valence-electron chi connectivity index (χ1n) is 12.2. The molecular weight excluding hydrogens is 394 g/mol. The molecule has 0 saturated carbocycles. The maximum atomic E-state index is 13.7. The number of carbonyl (C=O) groups excluding carboxylic acids is 1. The SMILES string of the molecule is C[C@H]1CCCN(c2cc(C(=O)N3CCC(Cc4ccccc4)CC3)c3ccccc3n2)C1. The molecule has 1 aromatic heterocycles. The van der Waals surface area contributed by atoms with Crippen LogP contribution < -0.4 is 4.90 Å². The van der Waals surface area contributed by atoms with E-state index in [0.29, 0.717) is 11.8 Å². The lowest BCUT2D eigenvalue weighted by Gasteiger charge is -2.34. The summed E-state index contributed by atoms with van der Waals surface area (Å²) in [6, 6.07) is 20.9. The van der Waals surface area contributed by atoms with Crippen LogP contribution in [0.15, 0.2) is 60.7 Å². The van der Waals surface area contributed by atoms with E-state index in [9.17, 15) is 4.79 Å². The van der Waals surface area contributed by atoms with Gasteiger partial charge in [-0.15, -0.1) is 0 Å². The minimum absolute atomic E-state index is 0.160. The van der Waals surface area contributed by atoms with Crippen LogP contribution in [0.2, 0.25) is 0 Å². The van der Waals surface area contributed by atoms with Gasteiger partial charge in [0.1, 0.15) is 5.82 Å². The van der Waals surface area contributed by atoms with Crippen LogP contribution in [-0.2, 0) is 6.42 Å². The molecule has 166 valence electrons. The van der Waals surface area contributed by atoms with Crippen molar-refractivity contribution in [2.75, 3.05) is 31.1 Å². The molecule has 1 atom stereocenters. The first kappa shape index (κ1) is 21.0. The fourth-order valence-electron chi connectivity index (χ4n) is 5.36. The number of hydrogen-bond donors (Lipinski definition) is 0. The van der Waals surface area contributed by atoms with Gasteiger partial charge in [-0.25, -0.2) is 4.98 Å². The van der Waals surface area contributed by atoms with Gasteiger partial charge >= 0.3 is 0 Å². The van der Waals surface area contributed by atoms with Crippen molar-refractivity contribution in [1.82, 2.24) is 9.88 Å². The Morgan fingerprint density at radius 3 is 2.50 bits per heavy atom. The Bertz CT molecular complexity index is 1070. The van der Waals surface area contributed by atoms with Gasteiger partial charge in [0, 0.05) is 31.6 Å². The molecule has 2 aliphatic heterocycles. The van der Waals surface area contributed by atoms with Crippen molar-refractivity contribution >= 4 is 22.6 Å². The number of likely N-dealkylation sites (tertiary alicyclic amines) is 1. The highest BCUT2D eigenvalue weighted by molar-refractivity contribution is 6.07. The third-order valence-corrected chi connectivity index (χ3v) is 7.18. The summed E-state index contributed by atoms with van der Waals surface area (Å²) in [6.45, 7) is 6.02. The second-order valence-corrected chi connectivity index (χ2v) is 9.66. The maximum absolute atomic E-state index is 13.7. The van der Waals surface area contributed by atoms with E-state index in [4.69, 9.17) is 4.98 Å². The number of anilines is 1. The Balaban J connectivity index is 1.35. The highest BCUT2D eigenvalue weighted by atomic mass is 16.2. The molecule has 4 nitrogen and oxygen atoms in total. The van der Waals surface area contributed by atoms with Gasteiger partial charge in [-0.3, -0.25) is 4.79 Å². The number of pyridine rings is 1. The predicted octanol–water partition coefficient (Wildman–Crippen LogP) is 5.57. The average Bonchev–Trinajstić information content (AvgIpc) is 2.84. The number of nitrogens with zero attached hydrogens (tertiary/aromatic N) is 3. The molecule has 0 aliphatic carbocycles. The van der Waals surface area contributed by atoms with E-state index >= 15 is 0 Å². The van der Waals surface area contributed by atoms with E-state index in [1.807, 2.05) is 24.3 Å². The van der Waals surface area contributed by atoms with Crippen LogP contribution in [0.25, 0.3) is 10.9 Å². The third kappa shape index (κ3) is 4.50. The van der Waals surface area contributed by atoms with Crippen LogP contribution in [0.1, 0.15) is 48.5 Å². The van der Waals surface area contributed by atoms with Gasteiger partial charge in [-0.2, -0.15) is 0 Å². The van der Waals surface area contributed by atoms with Crippen LogP contribution >= 0.6 is 0 Å². The third-order valence-electron chi connectivity index (χ3n) is 7.18. The van der Waals surface area contributed by atoms with Crippen molar-refractivity contribution in [3.05, 3.63) is 71.8 Å². The average molecular weight is 428 g/mol. The first-order chi connectivity index (χ1) is 15.7. The Morgan fingerprint density at radius 1 is 0.969 bits per heavy atom. The summed E-state index contributed by atoms with van der Waals surface area (Å²) in [6.07, 6.45) is 5.71. The quantitative estimate of drug-likeness (QED) is 0.546. The van der Waals surface area contributed by atoms with E-state index in [0.717, 1.165) is 67.7 Å². The number of piperidine rings is 2. The number of hydrogen-bond acceptors (Lipinski definition) is 3. The normalized spacial score (nSPS) is 20.0. The highest BCUT2D eigenvalue weighted by Crippen LogP contribution is 2.29. The number of benzene rings is 2. The largest absolute Gasteiger partial charge is 0.356 e. The molecule has 1 amide bonds. The standard InChI is InChI=1S/C28H33N3O/c1-21-8-7-15-31(20-21)27-19-25(24-11-5-6-12-26(24)29-27)28(32)30-16-13-23(14-17-30)18-22-9-3-2-4-10-22/h2-6,9-12,19,21,23H,7-8,13-18,20H2,1H3/t21-/m0/s1. The summed E-state index contributed by atoms with van der Waals surface area (Å²) in [7, 11) is 0. The lowest BCUT2D eigenvalue weighted by Crippen LogP contribution is -2.39. The Hall–Kier alpha value is -2.88. The fourth-order valence-corrected chi connectivity index (χ4v) is 5.36. The van der Waals surface area contributed by atoms with Crippen molar-refractivity contribution in [3.8, 4) is 0 Å². The van der Waals surface area contributed by atoms with E-state index in [1.165, 1.54) is 18.4 Å². The zero-order chi connectivity index (χ0) is 21.9.